The van der Waals surface area contributed by atoms with Crippen LogP contribution < -0.4 is 10.6 Å². The summed E-state index contributed by atoms with van der Waals surface area (Å²) in [6.07, 6.45) is 0. The maximum absolute atomic E-state index is 5.94. The van der Waals surface area contributed by atoms with Gasteiger partial charge in [-0.25, -0.2) is 0 Å². The number of hydrogen-bond acceptors (Lipinski definition) is 4. The number of aromatic nitrogens is 1. The molecule has 2 N–H and O–H groups in total. The van der Waals surface area contributed by atoms with Crippen molar-refractivity contribution in [1.29, 1.82) is 0 Å². The van der Waals surface area contributed by atoms with E-state index in [9.17, 15) is 0 Å². The number of pyridine rings is 1. The van der Waals surface area contributed by atoms with Crippen LogP contribution in [0.2, 0.25) is 0 Å². The van der Waals surface area contributed by atoms with Gasteiger partial charge >= 0.3 is 0 Å². The van der Waals surface area contributed by atoms with Crippen LogP contribution in [-0.2, 0) is 0 Å². The van der Waals surface area contributed by atoms with Crippen molar-refractivity contribution in [3.8, 4) is 0 Å². The van der Waals surface area contributed by atoms with Crippen LogP contribution in [0.25, 0.3) is 10.9 Å². The second kappa shape index (κ2) is 7.57. The lowest BCUT2D eigenvalue weighted by molar-refractivity contribution is 0.246. The zero-order valence-corrected chi connectivity index (χ0v) is 16.2. The largest absolute Gasteiger partial charge is 0.399 e. The van der Waals surface area contributed by atoms with Crippen molar-refractivity contribution < 1.29 is 0 Å². The van der Waals surface area contributed by atoms with E-state index in [1.807, 2.05) is 13.0 Å². The molecule has 1 saturated heterocycles. The van der Waals surface area contributed by atoms with Gasteiger partial charge in [-0.15, -0.1) is 0 Å². The highest BCUT2D eigenvalue weighted by atomic mass is 15.3. The quantitative estimate of drug-likeness (QED) is 0.713. The van der Waals surface area contributed by atoms with Crippen LogP contribution in [0.1, 0.15) is 24.1 Å². The number of nitrogens with two attached hydrogens (primary N) is 1. The molecule has 1 aliphatic heterocycles. The first-order chi connectivity index (χ1) is 13.1. The summed E-state index contributed by atoms with van der Waals surface area (Å²) < 4.78 is 0. The first-order valence-electron chi connectivity index (χ1n) is 9.79. The van der Waals surface area contributed by atoms with E-state index in [4.69, 9.17) is 5.73 Å². The summed E-state index contributed by atoms with van der Waals surface area (Å²) in [5.74, 6) is 0.491. The molecule has 2 heterocycles. The highest BCUT2D eigenvalue weighted by Crippen LogP contribution is 2.27. The first kappa shape index (κ1) is 17.8. The number of piperazine rings is 1. The van der Waals surface area contributed by atoms with Crippen molar-refractivity contribution >= 4 is 22.3 Å². The van der Waals surface area contributed by atoms with Gasteiger partial charge in [0.15, 0.2) is 0 Å². The summed E-state index contributed by atoms with van der Waals surface area (Å²) >= 11 is 0. The van der Waals surface area contributed by atoms with E-state index in [0.29, 0.717) is 5.92 Å². The van der Waals surface area contributed by atoms with Crippen molar-refractivity contribution in [1.82, 2.24) is 9.88 Å². The molecule has 4 heteroatoms. The maximum atomic E-state index is 5.94. The van der Waals surface area contributed by atoms with Gasteiger partial charge in [0.25, 0.3) is 0 Å². The van der Waals surface area contributed by atoms with Crippen LogP contribution in [-0.4, -0.2) is 42.6 Å². The smallest absolute Gasteiger partial charge is 0.0726 e. The van der Waals surface area contributed by atoms with Crippen molar-refractivity contribution in [3.05, 3.63) is 65.9 Å². The van der Waals surface area contributed by atoms with Crippen LogP contribution in [0, 0.1) is 6.92 Å². The highest BCUT2D eigenvalue weighted by molar-refractivity contribution is 5.92. The van der Waals surface area contributed by atoms with Gasteiger partial charge in [-0.05, 0) is 54.8 Å². The second-order valence-electron chi connectivity index (χ2n) is 7.66. The number of fused-ring (bicyclic) bond motifs is 1. The van der Waals surface area contributed by atoms with E-state index < -0.39 is 0 Å². The predicted molar refractivity (Wildman–Crippen MR) is 114 cm³/mol. The third-order valence-electron chi connectivity index (χ3n) is 5.57. The molecular formula is C23H28N4. The zero-order chi connectivity index (χ0) is 18.8. The Kier molecular flexibility index (Phi) is 4.99. The topological polar surface area (TPSA) is 45.4 Å². The number of benzene rings is 2. The summed E-state index contributed by atoms with van der Waals surface area (Å²) in [6, 6.07) is 19.1. The van der Waals surface area contributed by atoms with Gasteiger partial charge < -0.3 is 10.6 Å². The lowest BCUT2D eigenvalue weighted by Crippen LogP contribution is -2.47. The lowest BCUT2D eigenvalue weighted by Gasteiger charge is -2.37. The molecule has 0 aliphatic carbocycles. The Hall–Kier alpha value is -2.59. The molecule has 27 heavy (non-hydrogen) atoms. The molecule has 4 rings (SSSR count). The molecule has 2 aromatic carbocycles. The lowest BCUT2D eigenvalue weighted by atomic mass is 9.99. The van der Waals surface area contributed by atoms with E-state index in [-0.39, 0.29) is 0 Å². The Bertz CT molecular complexity index is 929. The van der Waals surface area contributed by atoms with Crippen LogP contribution in [0.3, 0.4) is 0 Å². The van der Waals surface area contributed by atoms with Crippen molar-refractivity contribution in [2.24, 2.45) is 0 Å². The molecule has 1 unspecified atom stereocenters. The Labute approximate surface area is 161 Å². The van der Waals surface area contributed by atoms with E-state index >= 15 is 0 Å². The standard InChI is InChI=1S/C23H28N4/c1-17(19-5-3-6-20(24)15-19)16-26-11-13-27(14-12-26)23-8-4-7-22-21(23)10-9-18(2)25-22/h3-10,15,17H,11-14,16,24H2,1-2H3. The van der Waals surface area contributed by atoms with Gasteiger partial charge in [0.1, 0.15) is 0 Å². The summed E-state index contributed by atoms with van der Waals surface area (Å²) in [5.41, 5.74) is 11.6. The fraction of sp³-hybridized carbons (Fsp3) is 0.348. The number of nitrogen functional groups attached to an aromatic ring is 1. The fourth-order valence-corrected chi connectivity index (χ4v) is 4.05. The van der Waals surface area contributed by atoms with Crippen LogP contribution in [0.15, 0.2) is 54.6 Å². The molecule has 140 valence electrons. The molecule has 4 nitrogen and oxygen atoms in total. The number of hydrogen-bond donors (Lipinski definition) is 1. The average Bonchev–Trinajstić information content (AvgIpc) is 2.68. The summed E-state index contributed by atoms with van der Waals surface area (Å²) in [5, 5.41) is 1.25. The normalized spacial score (nSPS) is 16.6. The molecular weight excluding hydrogens is 332 g/mol. The van der Waals surface area contributed by atoms with Crippen molar-refractivity contribution in [3.63, 3.8) is 0 Å². The SMILES string of the molecule is Cc1ccc2c(N3CCN(CC(C)c4cccc(N)c4)CC3)cccc2n1. The number of anilines is 2. The van der Waals surface area contributed by atoms with Gasteiger partial charge in [-0.2, -0.15) is 0 Å². The molecule has 1 fully saturated rings. The number of nitrogens with zero attached hydrogens (tertiary/aromatic N) is 3. The summed E-state index contributed by atoms with van der Waals surface area (Å²) in [6.45, 7) is 9.69. The Morgan fingerprint density at radius 2 is 1.78 bits per heavy atom. The van der Waals surface area contributed by atoms with E-state index in [0.717, 1.165) is 49.6 Å². The minimum atomic E-state index is 0.491. The van der Waals surface area contributed by atoms with E-state index in [1.165, 1.54) is 16.6 Å². The van der Waals surface area contributed by atoms with E-state index in [2.05, 4.69) is 70.2 Å². The molecule has 1 aromatic heterocycles. The minimum Gasteiger partial charge on any atom is -0.399 e. The molecule has 1 aliphatic rings. The van der Waals surface area contributed by atoms with Crippen LogP contribution in [0.5, 0.6) is 0 Å². The van der Waals surface area contributed by atoms with Crippen LogP contribution in [0.4, 0.5) is 11.4 Å². The minimum absolute atomic E-state index is 0.491. The second-order valence-corrected chi connectivity index (χ2v) is 7.66. The van der Waals surface area contributed by atoms with E-state index in [1.54, 1.807) is 0 Å². The first-order valence-corrected chi connectivity index (χ1v) is 9.79. The zero-order valence-electron chi connectivity index (χ0n) is 16.2. The molecule has 0 spiro atoms. The van der Waals surface area contributed by atoms with Gasteiger partial charge in [0.05, 0.1) is 5.52 Å². The van der Waals surface area contributed by atoms with Gasteiger partial charge in [-0.3, -0.25) is 9.88 Å². The molecule has 0 radical (unpaired) electrons. The average molecular weight is 361 g/mol. The molecule has 3 aromatic rings. The third-order valence-corrected chi connectivity index (χ3v) is 5.57. The van der Waals surface area contributed by atoms with Gasteiger partial charge in [-0.1, -0.05) is 25.1 Å². The number of rotatable bonds is 4. The molecule has 0 amide bonds. The summed E-state index contributed by atoms with van der Waals surface area (Å²) in [4.78, 5) is 9.75. The van der Waals surface area contributed by atoms with Crippen LogP contribution >= 0.6 is 0 Å². The monoisotopic (exact) mass is 360 g/mol. The van der Waals surface area contributed by atoms with Gasteiger partial charge in [0.2, 0.25) is 0 Å². The van der Waals surface area contributed by atoms with Crippen molar-refractivity contribution in [2.75, 3.05) is 43.4 Å². The fourth-order valence-electron chi connectivity index (χ4n) is 4.05. The molecule has 0 bridgehead atoms. The highest BCUT2D eigenvalue weighted by Gasteiger charge is 2.20. The molecule has 1 atom stereocenters. The third kappa shape index (κ3) is 3.91. The summed E-state index contributed by atoms with van der Waals surface area (Å²) in [7, 11) is 0. The van der Waals surface area contributed by atoms with Gasteiger partial charge in [0, 0.05) is 55.2 Å². The number of aryl methyl sites for hydroxylation is 1. The maximum Gasteiger partial charge on any atom is 0.0726 e. The molecule has 0 saturated carbocycles. The Morgan fingerprint density at radius 3 is 2.56 bits per heavy atom. The Balaban J connectivity index is 1.42. The predicted octanol–water partition coefficient (Wildman–Crippen LogP) is 4.05. The van der Waals surface area contributed by atoms with Crippen molar-refractivity contribution in [2.45, 2.75) is 19.8 Å². The Morgan fingerprint density at radius 1 is 1.00 bits per heavy atom.